The van der Waals surface area contributed by atoms with Gasteiger partial charge in [0.25, 0.3) is 0 Å². The van der Waals surface area contributed by atoms with E-state index in [0.29, 0.717) is 18.5 Å². The van der Waals surface area contributed by atoms with Gasteiger partial charge in [0, 0.05) is 0 Å². The van der Waals surface area contributed by atoms with Crippen molar-refractivity contribution in [1.82, 2.24) is 5.32 Å². The van der Waals surface area contributed by atoms with Crippen LogP contribution in [0.15, 0.2) is 48.5 Å². The summed E-state index contributed by atoms with van der Waals surface area (Å²) in [6.07, 6.45) is 2.23. The van der Waals surface area contributed by atoms with Crippen LogP contribution in [-0.4, -0.2) is 26.6 Å². The minimum atomic E-state index is -3.63. The molecule has 2 rings (SSSR count). The summed E-state index contributed by atoms with van der Waals surface area (Å²) < 4.78 is 26.3. The van der Waals surface area contributed by atoms with Gasteiger partial charge in [0.05, 0.1) is 18.0 Å². The number of rotatable bonds is 8. The highest BCUT2D eigenvalue weighted by Gasteiger charge is 2.32. The standard InChI is InChI=1S/C22H30N2O3S/c1-6-20(18-13-11-16(3)12-14-18)23-22(25)21(7-2)24(28(5,26)27)19-10-8-9-17(4)15-19/h8-15,20-21H,6-7H2,1-5H3,(H,23,25)/t20-,21-/m1/s1. The van der Waals surface area contributed by atoms with Crippen molar-refractivity contribution in [3.05, 3.63) is 65.2 Å². The molecule has 0 aliphatic carbocycles. The lowest BCUT2D eigenvalue weighted by molar-refractivity contribution is -0.123. The summed E-state index contributed by atoms with van der Waals surface area (Å²) in [6, 6.07) is 14.3. The SMILES string of the molecule is CC[C@H](C(=O)N[C@H](CC)c1ccc(C)cc1)N(c1cccc(C)c1)S(C)(=O)=O. The topological polar surface area (TPSA) is 66.5 Å². The first-order valence-electron chi connectivity index (χ1n) is 9.60. The lowest BCUT2D eigenvalue weighted by Gasteiger charge is -2.31. The Morgan fingerprint density at radius 3 is 2.14 bits per heavy atom. The number of carbonyl (C=O) groups excluding carboxylic acids is 1. The van der Waals surface area contributed by atoms with Crippen molar-refractivity contribution in [2.24, 2.45) is 0 Å². The molecule has 0 heterocycles. The predicted molar refractivity (Wildman–Crippen MR) is 115 cm³/mol. The first-order chi connectivity index (χ1) is 13.2. The molecule has 0 saturated heterocycles. The minimum Gasteiger partial charge on any atom is -0.347 e. The quantitative estimate of drug-likeness (QED) is 0.722. The maximum atomic E-state index is 13.1. The third kappa shape index (κ3) is 5.35. The fourth-order valence-electron chi connectivity index (χ4n) is 3.31. The van der Waals surface area contributed by atoms with Crippen LogP contribution in [-0.2, 0) is 14.8 Å². The van der Waals surface area contributed by atoms with Gasteiger partial charge in [0.2, 0.25) is 15.9 Å². The van der Waals surface area contributed by atoms with E-state index in [0.717, 1.165) is 22.9 Å². The Hall–Kier alpha value is -2.34. The molecule has 1 amide bonds. The van der Waals surface area contributed by atoms with E-state index in [4.69, 9.17) is 0 Å². The molecule has 0 aliphatic heterocycles. The van der Waals surface area contributed by atoms with Crippen LogP contribution in [0.4, 0.5) is 5.69 Å². The number of nitrogens with one attached hydrogen (secondary N) is 1. The Bertz CT molecular complexity index is 908. The molecule has 0 unspecified atom stereocenters. The molecule has 2 aromatic rings. The van der Waals surface area contributed by atoms with Crippen LogP contribution in [0.1, 0.15) is 49.4 Å². The normalized spacial score (nSPS) is 13.6. The second-order valence-electron chi connectivity index (χ2n) is 7.20. The Balaban J connectivity index is 2.34. The number of sulfonamides is 1. The van der Waals surface area contributed by atoms with Crippen LogP contribution in [0.5, 0.6) is 0 Å². The maximum Gasteiger partial charge on any atom is 0.244 e. The molecule has 6 heteroatoms. The first-order valence-corrected chi connectivity index (χ1v) is 11.4. The predicted octanol–water partition coefficient (Wildman–Crippen LogP) is 4.12. The van der Waals surface area contributed by atoms with Gasteiger partial charge in [0.1, 0.15) is 6.04 Å². The van der Waals surface area contributed by atoms with Crippen molar-refractivity contribution in [2.45, 2.75) is 52.6 Å². The monoisotopic (exact) mass is 402 g/mol. The van der Waals surface area contributed by atoms with E-state index in [1.807, 2.05) is 58.0 Å². The molecule has 0 aromatic heterocycles. The molecular formula is C22H30N2O3S. The van der Waals surface area contributed by atoms with E-state index < -0.39 is 16.1 Å². The van der Waals surface area contributed by atoms with Gasteiger partial charge in [-0.1, -0.05) is 55.8 Å². The average Bonchev–Trinajstić information content (AvgIpc) is 2.63. The molecule has 5 nitrogen and oxygen atoms in total. The molecule has 0 radical (unpaired) electrons. The number of benzene rings is 2. The molecule has 0 fully saturated rings. The minimum absolute atomic E-state index is 0.166. The summed E-state index contributed by atoms with van der Waals surface area (Å²) in [5.74, 6) is -0.290. The van der Waals surface area contributed by atoms with Gasteiger partial charge in [-0.2, -0.15) is 0 Å². The van der Waals surface area contributed by atoms with Gasteiger partial charge >= 0.3 is 0 Å². The van der Waals surface area contributed by atoms with E-state index >= 15 is 0 Å². The van der Waals surface area contributed by atoms with Gasteiger partial charge in [-0.15, -0.1) is 0 Å². The Morgan fingerprint density at radius 2 is 1.64 bits per heavy atom. The van der Waals surface area contributed by atoms with Crippen LogP contribution in [0, 0.1) is 13.8 Å². The van der Waals surface area contributed by atoms with E-state index in [2.05, 4.69) is 5.32 Å². The van der Waals surface area contributed by atoms with Gasteiger partial charge in [-0.05, 0) is 49.9 Å². The number of aryl methyl sites for hydroxylation is 2. The van der Waals surface area contributed by atoms with Crippen LogP contribution in [0.25, 0.3) is 0 Å². The molecule has 0 aliphatic rings. The number of amides is 1. The van der Waals surface area contributed by atoms with Gasteiger partial charge in [0.15, 0.2) is 0 Å². The van der Waals surface area contributed by atoms with Crippen molar-refractivity contribution in [3.8, 4) is 0 Å². The molecule has 0 spiro atoms. The maximum absolute atomic E-state index is 13.1. The summed E-state index contributed by atoms with van der Waals surface area (Å²) in [5, 5.41) is 3.05. The highest BCUT2D eigenvalue weighted by Crippen LogP contribution is 2.25. The first kappa shape index (κ1) is 22.0. The molecule has 1 N–H and O–H groups in total. The van der Waals surface area contributed by atoms with Gasteiger partial charge in [-0.3, -0.25) is 9.10 Å². The summed E-state index contributed by atoms with van der Waals surface area (Å²) in [4.78, 5) is 13.1. The Kier molecular flexibility index (Phi) is 7.24. The van der Waals surface area contributed by atoms with Crippen molar-refractivity contribution in [3.63, 3.8) is 0 Å². The van der Waals surface area contributed by atoms with Crippen molar-refractivity contribution in [2.75, 3.05) is 10.6 Å². The number of hydrogen-bond acceptors (Lipinski definition) is 3. The second kappa shape index (κ2) is 9.24. The van der Waals surface area contributed by atoms with E-state index in [9.17, 15) is 13.2 Å². The molecule has 2 aromatic carbocycles. The van der Waals surface area contributed by atoms with Crippen molar-refractivity contribution in [1.29, 1.82) is 0 Å². The Labute approximate surface area is 168 Å². The number of anilines is 1. The van der Waals surface area contributed by atoms with Crippen LogP contribution in [0.3, 0.4) is 0 Å². The zero-order chi connectivity index (χ0) is 20.9. The van der Waals surface area contributed by atoms with Crippen molar-refractivity contribution < 1.29 is 13.2 Å². The second-order valence-corrected chi connectivity index (χ2v) is 9.06. The van der Waals surface area contributed by atoms with Crippen LogP contribution >= 0.6 is 0 Å². The average molecular weight is 403 g/mol. The lowest BCUT2D eigenvalue weighted by Crippen LogP contribution is -2.50. The van der Waals surface area contributed by atoms with Crippen molar-refractivity contribution >= 4 is 21.6 Å². The van der Waals surface area contributed by atoms with Crippen LogP contribution < -0.4 is 9.62 Å². The smallest absolute Gasteiger partial charge is 0.244 e. The number of hydrogen-bond donors (Lipinski definition) is 1. The zero-order valence-corrected chi connectivity index (χ0v) is 18.1. The van der Waals surface area contributed by atoms with E-state index in [-0.39, 0.29) is 11.9 Å². The lowest BCUT2D eigenvalue weighted by atomic mass is 10.0. The highest BCUT2D eigenvalue weighted by atomic mass is 32.2. The molecule has 152 valence electrons. The highest BCUT2D eigenvalue weighted by molar-refractivity contribution is 7.92. The largest absolute Gasteiger partial charge is 0.347 e. The Morgan fingerprint density at radius 1 is 1.00 bits per heavy atom. The fraction of sp³-hybridized carbons (Fsp3) is 0.409. The molecule has 0 bridgehead atoms. The third-order valence-corrected chi connectivity index (χ3v) is 5.97. The summed E-state index contributed by atoms with van der Waals surface area (Å²) in [7, 11) is -3.63. The van der Waals surface area contributed by atoms with Crippen LogP contribution in [0.2, 0.25) is 0 Å². The van der Waals surface area contributed by atoms with Gasteiger partial charge in [-0.25, -0.2) is 8.42 Å². The molecule has 0 saturated carbocycles. The summed E-state index contributed by atoms with van der Waals surface area (Å²) >= 11 is 0. The summed E-state index contributed by atoms with van der Waals surface area (Å²) in [5.41, 5.74) is 3.61. The number of nitrogens with zero attached hydrogens (tertiary/aromatic N) is 1. The fourth-order valence-corrected chi connectivity index (χ4v) is 4.52. The van der Waals surface area contributed by atoms with E-state index in [1.165, 1.54) is 4.31 Å². The molecule has 28 heavy (non-hydrogen) atoms. The number of carbonyl (C=O) groups is 1. The molecule has 2 atom stereocenters. The summed E-state index contributed by atoms with van der Waals surface area (Å²) in [6.45, 7) is 7.74. The zero-order valence-electron chi connectivity index (χ0n) is 17.3. The van der Waals surface area contributed by atoms with Gasteiger partial charge < -0.3 is 5.32 Å². The van der Waals surface area contributed by atoms with E-state index in [1.54, 1.807) is 18.2 Å². The third-order valence-electron chi connectivity index (χ3n) is 4.79. The molecular weight excluding hydrogens is 372 g/mol.